The first-order chi connectivity index (χ1) is 9.40. The van der Waals surface area contributed by atoms with Crippen LogP contribution in [0.2, 0.25) is 0 Å². The van der Waals surface area contributed by atoms with Crippen LogP contribution in [-0.4, -0.2) is 23.2 Å². The van der Waals surface area contributed by atoms with Gasteiger partial charge in [-0.2, -0.15) is 5.10 Å². The Labute approximate surface area is 118 Å². The van der Waals surface area contributed by atoms with Gasteiger partial charge in [0.2, 0.25) is 10.0 Å². The van der Waals surface area contributed by atoms with E-state index in [0.29, 0.717) is 0 Å². The largest absolute Gasteiger partial charge is 0.269 e. The van der Waals surface area contributed by atoms with Crippen LogP contribution in [0.4, 0.5) is 0 Å². The molecule has 0 bridgehead atoms. The molecule has 2 heterocycles. The van der Waals surface area contributed by atoms with Crippen LogP contribution < -0.4 is 4.72 Å². The molecule has 0 amide bonds. The van der Waals surface area contributed by atoms with Gasteiger partial charge in [0, 0.05) is 30.7 Å². The molecule has 0 radical (unpaired) electrons. The first-order valence-corrected chi connectivity index (χ1v) is 7.85. The van der Waals surface area contributed by atoms with E-state index in [-0.39, 0.29) is 17.0 Å². The summed E-state index contributed by atoms with van der Waals surface area (Å²) in [5.74, 6) is 0. The van der Waals surface area contributed by atoms with Crippen molar-refractivity contribution in [3.05, 3.63) is 42.5 Å². The quantitative estimate of drug-likeness (QED) is 0.913. The van der Waals surface area contributed by atoms with Gasteiger partial charge in [-0.15, -0.1) is 0 Å². The Kier molecular flexibility index (Phi) is 4.20. The van der Waals surface area contributed by atoms with E-state index in [1.165, 1.54) is 12.4 Å². The second-order valence-electron chi connectivity index (χ2n) is 4.87. The number of nitrogens with zero attached hydrogens (tertiary/aromatic N) is 3. The van der Waals surface area contributed by atoms with Gasteiger partial charge in [0.1, 0.15) is 4.90 Å². The van der Waals surface area contributed by atoms with Gasteiger partial charge in [-0.3, -0.25) is 9.67 Å². The first-order valence-electron chi connectivity index (χ1n) is 6.36. The highest BCUT2D eigenvalue weighted by atomic mass is 32.2. The molecule has 20 heavy (non-hydrogen) atoms. The van der Waals surface area contributed by atoms with Crippen LogP contribution in [0.5, 0.6) is 0 Å². The topological polar surface area (TPSA) is 76.9 Å². The van der Waals surface area contributed by atoms with E-state index < -0.39 is 10.0 Å². The average Bonchev–Trinajstić information content (AvgIpc) is 2.90. The van der Waals surface area contributed by atoms with Crippen LogP contribution >= 0.6 is 0 Å². The maximum Gasteiger partial charge on any atom is 0.244 e. The van der Waals surface area contributed by atoms with Crippen molar-refractivity contribution in [2.24, 2.45) is 0 Å². The average molecular weight is 294 g/mol. The lowest BCUT2D eigenvalue weighted by molar-refractivity contribution is 0.530. The molecule has 0 aliphatic heterocycles. The van der Waals surface area contributed by atoms with E-state index in [0.717, 1.165) is 5.56 Å². The van der Waals surface area contributed by atoms with E-state index in [9.17, 15) is 8.42 Å². The van der Waals surface area contributed by atoms with Gasteiger partial charge >= 0.3 is 0 Å². The van der Waals surface area contributed by atoms with Crippen molar-refractivity contribution in [1.29, 1.82) is 0 Å². The lowest BCUT2D eigenvalue weighted by Gasteiger charge is -2.13. The van der Waals surface area contributed by atoms with Gasteiger partial charge in [0.25, 0.3) is 0 Å². The van der Waals surface area contributed by atoms with Crippen molar-refractivity contribution in [3.8, 4) is 0 Å². The third kappa shape index (κ3) is 3.23. The maximum atomic E-state index is 12.3. The number of aromatic nitrogens is 3. The van der Waals surface area contributed by atoms with E-state index in [4.69, 9.17) is 0 Å². The molecule has 0 saturated heterocycles. The Morgan fingerprint density at radius 1 is 1.20 bits per heavy atom. The molecule has 6 nitrogen and oxygen atoms in total. The van der Waals surface area contributed by atoms with Crippen LogP contribution in [0.1, 0.15) is 38.4 Å². The minimum Gasteiger partial charge on any atom is -0.269 e. The summed E-state index contributed by atoms with van der Waals surface area (Å²) in [6, 6.07) is 3.36. The Hall–Kier alpha value is -1.73. The molecule has 0 aliphatic rings. The molecule has 0 spiro atoms. The minimum absolute atomic E-state index is 0.122. The molecule has 0 fully saturated rings. The fourth-order valence-corrected chi connectivity index (χ4v) is 2.93. The highest BCUT2D eigenvalue weighted by Gasteiger charge is 2.20. The lowest BCUT2D eigenvalue weighted by Crippen LogP contribution is -2.26. The van der Waals surface area contributed by atoms with Crippen LogP contribution in [-0.2, 0) is 10.0 Å². The van der Waals surface area contributed by atoms with Crippen molar-refractivity contribution >= 4 is 10.0 Å². The molecule has 2 aromatic rings. The lowest BCUT2D eigenvalue weighted by atomic mass is 10.1. The van der Waals surface area contributed by atoms with Gasteiger partial charge < -0.3 is 0 Å². The van der Waals surface area contributed by atoms with Crippen molar-refractivity contribution in [2.75, 3.05) is 0 Å². The van der Waals surface area contributed by atoms with Crippen LogP contribution in [0, 0.1) is 0 Å². The molecular formula is C13H18N4O2S. The monoisotopic (exact) mass is 294 g/mol. The Morgan fingerprint density at radius 3 is 2.40 bits per heavy atom. The fraction of sp³-hybridized carbons (Fsp3) is 0.385. The molecule has 0 aromatic carbocycles. The van der Waals surface area contributed by atoms with E-state index in [1.807, 2.05) is 13.8 Å². The third-order valence-electron chi connectivity index (χ3n) is 2.96. The van der Waals surface area contributed by atoms with Crippen LogP contribution in [0.3, 0.4) is 0 Å². The normalized spacial score (nSPS) is 13.6. The molecule has 0 aliphatic carbocycles. The van der Waals surface area contributed by atoms with Gasteiger partial charge in [0.15, 0.2) is 0 Å². The number of sulfonamides is 1. The molecule has 2 aromatic heterocycles. The summed E-state index contributed by atoms with van der Waals surface area (Å²) in [5.41, 5.74) is 0.861. The van der Waals surface area contributed by atoms with E-state index in [1.54, 1.807) is 36.1 Å². The standard InChI is InChI=1S/C13H18N4O2S/c1-10(2)17-9-13(8-15-17)20(18,19)16-11(3)12-4-6-14-7-5-12/h4-11,16H,1-3H3. The highest BCUT2D eigenvalue weighted by Crippen LogP contribution is 2.16. The second kappa shape index (κ2) is 5.72. The number of hydrogen-bond donors (Lipinski definition) is 1. The summed E-state index contributed by atoms with van der Waals surface area (Å²) in [7, 11) is -3.57. The van der Waals surface area contributed by atoms with E-state index in [2.05, 4.69) is 14.8 Å². The predicted octanol–water partition coefficient (Wildman–Crippen LogP) is 1.90. The number of nitrogens with one attached hydrogen (secondary N) is 1. The van der Waals surface area contributed by atoms with Crippen LogP contribution in [0.25, 0.3) is 0 Å². The first kappa shape index (κ1) is 14.7. The second-order valence-corrected chi connectivity index (χ2v) is 6.59. The number of hydrogen-bond acceptors (Lipinski definition) is 4. The Morgan fingerprint density at radius 2 is 1.85 bits per heavy atom. The molecule has 0 saturated carbocycles. The summed E-state index contributed by atoms with van der Waals surface area (Å²) >= 11 is 0. The summed E-state index contributed by atoms with van der Waals surface area (Å²) in [6.07, 6.45) is 6.17. The molecule has 1 atom stereocenters. The number of rotatable bonds is 5. The highest BCUT2D eigenvalue weighted by molar-refractivity contribution is 7.89. The third-order valence-corrected chi connectivity index (χ3v) is 4.45. The molecule has 1 N–H and O–H groups in total. The van der Waals surface area contributed by atoms with Crippen molar-refractivity contribution in [3.63, 3.8) is 0 Å². The molecule has 7 heteroatoms. The van der Waals surface area contributed by atoms with Gasteiger partial charge in [0.05, 0.1) is 6.20 Å². The summed E-state index contributed by atoms with van der Waals surface area (Å²) in [5, 5.41) is 4.05. The SMILES string of the molecule is CC(NS(=O)(=O)c1cnn(C(C)C)c1)c1ccncc1. The Bertz CT molecular complexity index is 665. The molecular weight excluding hydrogens is 276 g/mol. The zero-order valence-electron chi connectivity index (χ0n) is 11.7. The predicted molar refractivity (Wildman–Crippen MR) is 75.6 cm³/mol. The van der Waals surface area contributed by atoms with Gasteiger partial charge in [-0.05, 0) is 38.5 Å². The van der Waals surface area contributed by atoms with Crippen LogP contribution in [0.15, 0.2) is 41.8 Å². The fourth-order valence-electron chi connectivity index (χ4n) is 1.76. The van der Waals surface area contributed by atoms with Gasteiger partial charge in [-0.1, -0.05) is 0 Å². The zero-order valence-corrected chi connectivity index (χ0v) is 12.5. The minimum atomic E-state index is -3.57. The Balaban J connectivity index is 2.18. The smallest absolute Gasteiger partial charge is 0.244 e. The zero-order chi connectivity index (χ0) is 14.8. The summed E-state index contributed by atoms with van der Waals surface area (Å²) < 4.78 is 28.8. The van der Waals surface area contributed by atoms with Gasteiger partial charge in [-0.25, -0.2) is 13.1 Å². The van der Waals surface area contributed by atoms with Crippen molar-refractivity contribution in [1.82, 2.24) is 19.5 Å². The molecule has 1 unspecified atom stereocenters. The number of pyridine rings is 1. The maximum absolute atomic E-state index is 12.3. The van der Waals surface area contributed by atoms with Crippen molar-refractivity contribution in [2.45, 2.75) is 37.8 Å². The summed E-state index contributed by atoms with van der Waals surface area (Å²) in [6.45, 7) is 5.67. The summed E-state index contributed by atoms with van der Waals surface area (Å²) in [4.78, 5) is 4.09. The molecule has 2 rings (SSSR count). The van der Waals surface area contributed by atoms with E-state index >= 15 is 0 Å². The molecule has 108 valence electrons. The van der Waals surface area contributed by atoms with Crippen molar-refractivity contribution < 1.29 is 8.42 Å².